The first kappa shape index (κ1) is 26.7. The molecule has 202 valence electrons. The average molecular weight is 527 g/mol. The molecule has 1 N–H and O–H groups in total. The molecule has 4 rings (SSSR count). The molecule has 10 nitrogen and oxygen atoms in total. The third kappa shape index (κ3) is 5.08. The highest BCUT2D eigenvalue weighted by atomic mass is 16.6. The lowest BCUT2D eigenvalue weighted by Gasteiger charge is -2.32. The van der Waals surface area contributed by atoms with Gasteiger partial charge in [-0.25, -0.2) is 4.79 Å². The second kappa shape index (κ2) is 11.4. The molecule has 1 heterocycles. The number of benzene rings is 3. The molecule has 0 fully saturated rings. The predicted octanol–water partition coefficient (Wildman–Crippen LogP) is 3.99. The average Bonchev–Trinajstić information content (AvgIpc) is 2.95. The van der Waals surface area contributed by atoms with E-state index < -0.39 is 18.2 Å². The van der Waals surface area contributed by atoms with Crippen LogP contribution in [0.3, 0.4) is 0 Å². The van der Waals surface area contributed by atoms with Crippen LogP contribution in [-0.4, -0.2) is 59.8 Å². The second-order valence-corrected chi connectivity index (χ2v) is 8.33. The third-order valence-electron chi connectivity index (χ3n) is 6.23. The minimum Gasteiger partial charge on any atom is -0.496 e. The van der Waals surface area contributed by atoms with Crippen LogP contribution in [-0.2, 0) is 6.42 Å². The van der Waals surface area contributed by atoms with E-state index in [0.717, 1.165) is 5.56 Å². The van der Waals surface area contributed by atoms with E-state index >= 15 is 0 Å². The van der Waals surface area contributed by atoms with Crippen molar-refractivity contribution in [3.05, 3.63) is 59.2 Å². The van der Waals surface area contributed by atoms with Crippen molar-refractivity contribution < 1.29 is 47.8 Å². The molecule has 3 aromatic rings. The number of esters is 1. The van der Waals surface area contributed by atoms with E-state index in [1.54, 1.807) is 44.6 Å². The summed E-state index contributed by atoms with van der Waals surface area (Å²) in [6, 6.07) is 11.4. The SMILES string of the molecule is COc1cc(OC)c2c(c1)O[C@H](c1ccc(OC(=O)c3cc(OC)c(OC)c(OC)c3)c(OC)c1)[C@@H](O)C2. The van der Waals surface area contributed by atoms with Crippen molar-refractivity contribution in [2.24, 2.45) is 0 Å². The van der Waals surface area contributed by atoms with Gasteiger partial charge < -0.3 is 43.0 Å². The molecule has 0 saturated carbocycles. The van der Waals surface area contributed by atoms with Crippen molar-refractivity contribution in [3.63, 3.8) is 0 Å². The summed E-state index contributed by atoms with van der Waals surface area (Å²) in [5.41, 5.74) is 1.57. The maximum absolute atomic E-state index is 13.0. The summed E-state index contributed by atoms with van der Waals surface area (Å²) in [4.78, 5) is 13.0. The van der Waals surface area contributed by atoms with Gasteiger partial charge in [0.05, 0.1) is 54.3 Å². The lowest BCUT2D eigenvalue weighted by molar-refractivity contribution is 0.0196. The second-order valence-electron chi connectivity index (χ2n) is 8.33. The van der Waals surface area contributed by atoms with E-state index in [-0.39, 0.29) is 17.1 Å². The molecule has 0 amide bonds. The van der Waals surface area contributed by atoms with Crippen LogP contribution in [0, 0.1) is 0 Å². The highest BCUT2D eigenvalue weighted by Crippen LogP contribution is 2.44. The smallest absolute Gasteiger partial charge is 0.343 e. The van der Waals surface area contributed by atoms with Gasteiger partial charge >= 0.3 is 5.97 Å². The summed E-state index contributed by atoms with van der Waals surface area (Å²) in [6.45, 7) is 0. The minimum atomic E-state index is -0.859. The molecule has 3 aromatic carbocycles. The van der Waals surface area contributed by atoms with Gasteiger partial charge in [0.25, 0.3) is 0 Å². The summed E-state index contributed by atoms with van der Waals surface area (Å²) >= 11 is 0. The summed E-state index contributed by atoms with van der Waals surface area (Å²) in [6.07, 6.45) is -1.25. The Hall–Kier alpha value is -4.31. The van der Waals surface area contributed by atoms with Crippen molar-refractivity contribution in [3.8, 4) is 46.0 Å². The fourth-order valence-electron chi connectivity index (χ4n) is 4.33. The monoisotopic (exact) mass is 526 g/mol. The van der Waals surface area contributed by atoms with E-state index in [1.807, 2.05) is 0 Å². The van der Waals surface area contributed by atoms with Crippen molar-refractivity contribution >= 4 is 5.97 Å². The summed E-state index contributed by atoms with van der Waals surface area (Å²) in [5.74, 6) is 2.50. The van der Waals surface area contributed by atoms with Crippen LogP contribution >= 0.6 is 0 Å². The Kier molecular flexibility index (Phi) is 8.02. The molecule has 10 heteroatoms. The number of hydrogen-bond acceptors (Lipinski definition) is 10. The number of rotatable bonds is 9. The largest absolute Gasteiger partial charge is 0.496 e. The summed E-state index contributed by atoms with van der Waals surface area (Å²) in [5, 5.41) is 10.9. The van der Waals surface area contributed by atoms with E-state index in [9.17, 15) is 9.90 Å². The molecule has 0 unspecified atom stereocenters. The highest BCUT2D eigenvalue weighted by Gasteiger charge is 2.33. The number of carbonyl (C=O) groups excluding carboxylic acids is 1. The number of carbonyl (C=O) groups is 1. The molecule has 0 spiro atoms. The maximum Gasteiger partial charge on any atom is 0.343 e. The molecule has 0 bridgehead atoms. The predicted molar refractivity (Wildman–Crippen MR) is 137 cm³/mol. The molecule has 1 aliphatic heterocycles. The van der Waals surface area contributed by atoms with E-state index in [0.29, 0.717) is 46.5 Å². The normalized spacial score (nSPS) is 16.0. The Morgan fingerprint density at radius 2 is 1.42 bits per heavy atom. The third-order valence-corrected chi connectivity index (χ3v) is 6.23. The summed E-state index contributed by atoms with van der Waals surface area (Å²) < 4.78 is 44.0. The molecule has 38 heavy (non-hydrogen) atoms. The molecule has 0 radical (unpaired) electrons. The number of fused-ring (bicyclic) bond motifs is 1. The van der Waals surface area contributed by atoms with Gasteiger partial charge in [-0.1, -0.05) is 6.07 Å². The molecular formula is C28H30O10. The zero-order valence-electron chi connectivity index (χ0n) is 22.0. The first-order valence-corrected chi connectivity index (χ1v) is 11.7. The van der Waals surface area contributed by atoms with Gasteiger partial charge in [0.2, 0.25) is 5.75 Å². The van der Waals surface area contributed by atoms with Crippen molar-refractivity contribution in [1.29, 1.82) is 0 Å². The molecule has 0 saturated heterocycles. The fourth-order valence-corrected chi connectivity index (χ4v) is 4.33. The van der Waals surface area contributed by atoms with E-state index in [4.69, 9.17) is 37.9 Å². The fraction of sp³-hybridized carbons (Fsp3) is 0.321. The van der Waals surface area contributed by atoms with Crippen LogP contribution in [0.2, 0.25) is 0 Å². The van der Waals surface area contributed by atoms with Crippen LogP contribution in [0.15, 0.2) is 42.5 Å². The molecule has 2 atom stereocenters. The van der Waals surface area contributed by atoms with Crippen LogP contribution < -0.4 is 37.9 Å². The van der Waals surface area contributed by atoms with Crippen LogP contribution in [0.1, 0.15) is 27.6 Å². The first-order chi connectivity index (χ1) is 18.4. The van der Waals surface area contributed by atoms with Gasteiger partial charge in [-0.05, 0) is 29.8 Å². The zero-order valence-corrected chi connectivity index (χ0v) is 22.0. The Morgan fingerprint density at radius 3 is 2.00 bits per heavy atom. The first-order valence-electron chi connectivity index (χ1n) is 11.7. The topological polar surface area (TPSA) is 111 Å². The number of aliphatic hydroxyl groups excluding tert-OH is 1. The Labute approximate surface area is 220 Å². The van der Waals surface area contributed by atoms with Crippen LogP contribution in [0.25, 0.3) is 0 Å². The highest BCUT2D eigenvalue weighted by molar-refractivity contribution is 5.93. The zero-order chi connectivity index (χ0) is 27.4. The van der Waals surface area contributed by atoms with Gasteiger partial charge in [-0.2, -0.15) is 0 Å². The molecule has 0 aromatic heterocycles. The van der Waals surface area contributed by atoms with Crippen LogP contribution in [0.4, 0.5) is 0 Å². The van der Waals surface area contributed by atoms with E-state index in [1.165, 1.54) is 40.6 Å². The minimum absolute atomic E-state index is 0.184. The molecule has 1 aliphatic rings. The summed E-state index contributed by atoms with van der Waals surface area (Å²) in [7, 11) is 8.96. The quantitative estimate of drug-likeness (QED) is 0.324. The number of methoxy groups -OCH3 is 6. The lowest BCUT2D eigenvalue weighted by atomic mass is 9.94. The standard InChI is InChI=1S/C28H30O10/c1-31-17-12-21(32-2)18-14-19(29)26(37-22(18)13-17)15-7-8-20(23(9-15)33-3)38-28(30)16-10-24(34-4)27(36-6)25(11-16)35-5/h7-13,19,26,29H,14H2,1-6H3/t19-,26+/m0/s1. The Morgan fingerprint density at radius 1 is 0.763 bits per heavy atom. The van der Waals surface area contributed by atoms with Gasteiger partial charge in [-0.15, -0.1) is 0 Å². The Balaban J connectivity index is 1.61. The van der Waals surface area contributed by atoms with Crippen molar-refractivity contribution in [1.82, 2.24) is 0 Å². The lowest BCUT2D eigenvalue weighted by Crippen LogP contribution is -2.30. The Bertz CT molecular complexity index is 1290. The van der Waals surface area contributed by atoms with E-state index in [2.05, 4.69) is 0 Å². The van der Waals surface area contributed by atoms with Crippen molar-refractivity contribution in [2.45, 2.75) is 18.6 Å². The van der Waals surface area contributed by atoms with Gasteiger partial charge in [0.1, 0.15) is 23.4 Å². The number of hydrogen-bond donors (Lipinski definition) is 1. The molecular weight excluding hydrogens is 496 g/mol. The maximum atomic E-state index is 13.0. The number of aliphatic hydroxyl groups is 1. The van der Waals surface area contributed by atoms with Crippen molar-refractivity contribution in [2.75, 3.05) is 42.7 Å². The molecule has 0 aliphatic carbocycles. The van der Waals surface area contributed by atoms with Gasteiger partial charge in [0.15, 0.2) is 23.0 Å². The van der Waals surface area contributed by atoms with Crippen LogP contribution in [0.5, 0.6) is 46.0 Å². The van der Waals surface area contributed by atoms with Gasteiger partial charge in [-0.3, -0.25) is 0 Å². The van der Waals surface area contributed by atoms with Gasteiger partial charge in [0, 0.05) is 24.1 Å². The number of ether oxygens (including phenoxy) is 8.